The van der Waals surface area contributed by atoms with Crippen LogP contribution in [0.25, 0.3) is 0 Å². The lowest BCUT2D eigenvalue weighted by atomic mass is 10.1. The molecular formula is C27H20Cl2FN3O5. The molecule has 8 nitrogen and oxygen atoms in total. The Balaban J connectivity index is 1.50. The van der Waals surface area contributed by atoms with Gasteiger partial charge in [0.1, 0.15) is 16.5 Å². The van der Waals surface area contributed by atoms with Gasteiger partial charge in [0.15, 0.2) is 0 Å². The topological polar surface area (TPSA) is 105 Å². The first-order chi connectivity index (χ1) is 18.2. The lowest BCUT2D eigenvalue weighted by molar-refractivity contribution is -0.120. The van der Waals surface area contributed by atoms with Crippen molar-refractivity contribution >= 4 is 64.0 Å². The molecule has 0 aliphatic carbocycles. The van der Waals surface area contributed by atoms with Crippen LogP contribution in [0, 0.1) is 5.82 Å². The predicted octanol–water partition coefficient (Wildman–Crippen LogP) is 5.73. The highest BCUT2D eigenvalue weighted by Crippen LogP contribution is 2.32. The van der Waals surface area contributed by atoms with Crippen molar-refractivity contribution in [3.8, 4) is 0 Å². The Morgan fingerprint density at radius 2 is 1.63 bits per heavy atom. The summed E-state index contributed by atoms with van der Waals surface area (Å²) in [6, 6.07) is 15.9. The molecule has 0 aromatic heterocycles. The molecule has 4 rings (SSSR count). The molecule has 0 saturated heterocycles. The third-order valence-electron chi connectivity index (χ3n) is 5.42. The third-order valence-corrected chi connectivity index (χ3v) is 6.06. The number of rotatable bonds is 8. The van der Waals surface area contributed by atoms with Gasteiger partial charge in [-0.3, -0.25) is 14.4 Å². The molecule has 11 heteroatoms. The van der Waals surface area contributed by atoms with Crippen LogP contribution in [-0.2, 0) is 14.3 Å². The van der Waals surface area contributed by atoms with Crippen molar-refractivity contribution in [2.45, 2.75) is 13.3 Å². The van der Waals surface area contributed by atoms with Crippen molar-refractivity contribution < 1.29 is 28.3 Å². The fraction of sp³-hybridized carbons (Fsp3) is 0.111. The second-order valence-electron chi connectivity index (χ2n) is 8.07. The van der Waals surface area contributed by atoms with E-state index in [-0.39, 0.29) is 39.2 Å². The molecule has 0 atom stereocenters. The molecule has 3 aromatic rings. The van der Waals surface area contributed by atoms with Gasteiger partial charge in [-0.15, -0.1) is 0 Å². The monoisotopic (exact) mass is 555 g/mol. The van der Waals surface area contributed by atoms with Gasteiger partial charge >= 0.3 is 5.97 Å². The summed E-state index contributed by atoms with van der Waals surface area (Å²) in [6.45, 7) is 2.03. The van der Waals surface area contributed by atoms with Crippen molar-refractivity contribution in [2.24, 2.45) is 0 Å². The number of amides is 3. The third kappa shape index (κ3) is 5.53. The van der Waals surface area contributed by atoms with E-state index in [4.69, 9.17) is 27.9 Å². The van der Waals surface area contributed by atoms with Crippen molar-refractivity contribution in [3.05, 3.63) is 99.4 Å². The van der Waals surface area contributed by atoms with E-state index in [1.54, 1.807) is 12.1 Å². The SMILES string of the molecule is CCCOC(=O)c1ccccc1N1C(=O)C(Cl)=C(Nc2ccc(C(=O)Nc3ccc(F)c(Cl)c3)cc2)C1=O. The minimum Gasteiger partial charge on any atom is -0.462 e. The molecule has 0 spiro atoms. The first-order valence-electron chi connectivity index (χ1n) is 11.4. The summed E-state index contributed by atoms with van der Waals surface area (Å²) < 4.78 is 18.5. The second kappa shape index (κ2) is 11.5. The highest BCUT2D eigenvalue weighted by molar-refractivity contribution is 6.53. The van der Waals surface area contributed by atoms with Crippen molar-refractivity contribution in [3.63, 3.8) is 0 Å². The van der Waals surface area contributed by atoms with Gasteiger partial charge in [-0.05, 0) is 61.0 Å². The van der Waals surface area contributed by atoms with Crippen LogP contribution in [-0.4, -0.2) is 30.3 Å². The number of para-hydroxylation sites is 1. The molecular weight excluding hydrogens is 536 g/mol. The van der Waals surface area contributed by atoms with Crippen LogP contribution in [0.4, 0.5) is 21.5 Å². The maximum Gasteiger partial charge on any atom is 0.340 e. The maximum absolute atomic E-state index is 13.3. The van der Waals surface area contributed by atoms with Crippen LogP contribution in [0.15, 0.2) is 77.5 Å². The largest absolute Gasteiger partial charge is 0.462 e. The molecule has 0 bridgehead atoms. The Morgan fingerprint density at radius 1 is 0.947 bits per heavy atom. The molecule has 0 fully saturated rings. The van der Waals surface area contributed by atoms with E-state index in [2.05, 4.69) is 10.6 Å². The molecule has 0 saturated carbocycles. The molecule has 194 valence electrons. The normalized spacial score (nSPS) is 13.1. The number of halogens is 3. The smallest absolute Gasteiger partial charge is 0.340 e. The summed E-state index contributed by atoms with van der Waals surface area (Å²) in [7, 11) is 0. The summed E-state index contributed by atoms with van der Waals surface area (Å²) in [5, 5.41) is 4.93. The second-order valence-corrected chi connectivity index (χ2v) is 8.86. The summed E-state index contributed by atoms with van der Waals surface area (Å²) in [5.74, 6) is -3.31. The molecule has 0 unspecified atom stereocenters. The average Bonchev–Trinajstić information content (AvgIpc) is 3.12. The van der Waals surface area contributed by atoms with Gasteiger partial charge in [0, 0.05) is 16.9 Å². The average molecular weight is 556 g/mol. The quantitative estimate of drug-likeness (QED) is 0.271. The van der Waals surface area contributed by atoms with Crippen LogP contribution >= 0.6 is 23.2 Å². The number of ether oxygens (including phenoxy) is 1. The Bertz CT molecular complexity index is 1470. The lowest BCUT2D eigenvalue weighted by Crippen LogP contribution is -2.33. The zero-order valence-corrected chi connectivity index (χ0v) is 21.4. The standard InChI is InChI=1S/C27H20Cl2FN3O5/c1-2-13-38-27(37)18-5-3-4-6-21(18)33-25(35)22(29)23(26(33)36)31-16-9-7-15(8-10-16)24(34)32-17-11-12-20(30)19(28)14-17/h3-12,14,31H,2,13H2,1H3,(H,32,34). The molecule has 3 aromatic carbocycles. The van der Waals surface area contributed by atoms with Crippen molar-refractivity contribution in [2.75, 3.05) is 22.1 Å². The number of carbonyl (C=O) groups is 4. The molecule has 1 aliphatic heterocycles. The van der Waals surface area contributed by atoms with Crippen LogP contribution in [0.5, 0.6) is 0 Å². The van der Waals surface area contributed by atoms with Crippen molar-refractivity contribution in [1.29, 1.82) is 0 Å². The maximum atomic E-state index is 13.3. The van der Waals surface area contributed by atoms with E-state index in [0.29, 0.717) is 17.8 Å². The molecule has 0 radical (unpaired) electrons. The lowest BCUT2D eigenvalue weighted by Gasteiger charge is -2.18. The number of carbonyl (C=O) groups excluding carboxylic acids is 4. The molecule has 2 N–H and O–H groups in total. The van der Waals surface area contributed by atoms with Gasteiger partial charge in [0.25, 0.3) is 17.7 Å². The Hall–Kier alpha value is -4.21. The Labute approximate surface area is 227 Å². The number of esters is 1. The van der Waals surface area contributed by atoms with Crippen LogP contribution < -0.4 is 15.5 Å². The van der Waals surface area contributed by atoms with Crippen LogP contribution in [0.3, 0.4) is 0 Å². The molecule has 38 heavy (non-hydrogen) atoms. The fourth-order valence-corrected chi connectivity index (χ4v) is 3.96. The van der Waals surface area contributed by atoms with E-state index < -0.39 is 29.5 Å². The van der Waals surface area contributed by atoms with E-state index in [9.17, 15) is 23.6 Å². The van der Waals surface area contributed by atoms with Crippen LogP contribution in [0.1, 0.15) is 34.1 Å². The van der Waals surface area contributed by atoms with Crippen LogP contribution in [0.2, 0.25) is 5.02 Å². The predicted molar refractivity (Wildman–Crippen MR) is 142 cm³/mol. The first-order valence-corrected chi connectivity index (χ1v) is 12.1. The van der Waals surface area contributed by atoms with E-state index in [1.807, 2.05) is 6.92 Å². The fourth-order valence-electron chi connectivity index (χ4n) is 3.57. The van der Waals surface area contributed by atoms with Gasteiger partial charge in [-0.2, -0.15) is 0 Å². The summed E-state index contributed by atoms with van der Waals surface area (Å²) >= 11 is 12.0. The minimum atomic E-state index is -0.802. The summed E-state index contributed by atoms with van der Waals surface area (Å²) in [4.78, 5) is 51.9. The number of hydrogen-bond donors (Lipinski definition) is 2. The highest BCUT2D eigenvalue weighted by atomic mass is 35.5. The molecule has 1 heterocycles. The summed E-state index contributed by atoms with van der Waals surface area (Å²) in [5.41, 5.74) is 0.864. The zero-order chi connectivity index (χ0) is 27.4. The molecule has 1 aliphatic rings. The van der Waals surface area contributed by atoms with Gasteiger partial charge in [0.05, 0.1) is 22.9 Å². The highest BCUT2D eigenvalue weighted by Gasteiger charge is 2.40. The summed E-state index contributed by atoms with van der Waals surface area (Å²) in [6.07, 6.45) is 0.609. The molecule has 3 amide bonds. The number of nitrogens with zero attached hydrogens (tertiary/aromatic N) is 1. The van der Waals surface area contributed by atoms with Gasteiger partial charge in [-0.25, -0.2) is 14.1 Å². The van der Waals surface area contributed by atoms with Crippen molar-refractivity contribution in [1.82, 2.24) is 0 Å². The van der Waals surface area contributed by atoms with E-state index in [0.717, 1.165) is 11.0 Å². The number of benzene rings is 3. The minimum absolute atomic E-state index is 0.0474. The Morgan fingerprint density at radius 3 is 2.32 bits per heavy atom. The van der Waals surface area contributed by atoms with Gasteiger partial charge in [-0.1, -0.05) is 42.3 Å². The van der Waals surface area contributed by atoms with E-state index >= 15 is 0 Å². The number of nitrogens with one attached hydrogen (secondary N) is 2. The zero-order valence-electron chi connectivity index (χ0n) is 19.9. The van der Waals surface area contributed by atoms with E-state index in [1.165, 1.54) is 48.5 Å². The first kappa shape index (κ1) is 26.8. The Kier molecular flexibility index (Phi) is 8.09. The van der Waals surface area contributed by atoms with Gasteiger partial charge < -0.3 is 15.4 Å². The number of hydrogen-bond acceptors (Lipinski definition) is 6. The number of anilines is 3. The van der Waals surface area contributed by atoms with Gasteiger partial charge in [0.2, 0.25) is 0 Å². The number of imide groups is 1.